The number of hydrogen-bond acceptors (Lipinski definition) is 6. The smallest absolute Gasteiger partial charge is 0.355 e. The molecule has 106 valence electrons. The van der Waals surface area contributed by atoms with Gasteiger partial charge >= 0.3 is 5.97 Å². The molecule has 0 aliphatic carbocycles. The van der Waals surface area contributed by atoms with Crippen LogP contribution in [-0.4, -0.2) is 25.3 Å². The zero-order chi connectivity index (χ0) is 14.5. The highest BCUT2D eigenvalue weighted by Gasteiger charge is 2.16. The molecule has 2 rings (SSSR count). The molecule has 0 bridgehead atoms. The summed E-state index contributed by atoms with van der Waals surface area (Å²) in [5, 5.41) is 0. The minimum Gasteiger partial charge on any atom is -0.461 e. The van der Waals surface area contributed by atoms with Crippen LogP contribution in [0.25, 0.3) is 0 Å². The molecule has 1 aromatic carbocycles. The van der Waals surface area contributed by atoms with Crippen molar-refractivity contribution < 1.29 is 23.8 Å². The molecule has 1 aromatic rings. The number of fused-ring (bicyclic) bond motifs is 1. The Kier molecular flexibility index (Phi) is 4.09. The summed E-state index contributed by atoms with van der Waals surface area (Å²) in [4.78, 5) is 23.1. The monoisotopic (exact) mass is 278 g/mol. The van der Waals surface area contributed by atoms with E-state index in [-0.39, 0.29) is 19.1 Å². The SMILES string of the molecule is C=C(NNC(=O)c1ccc2c(c1)OCO2)C(=O)OCC. The minimum atomic E-state index is -0.626. The fraction of sp³-hybridized carbons (Fsp3) is 0.231. The highest BCUT2D eigenvalue weighted by Crippen LogP contribution is 2.32. The van der Waals surface area contributed by atoms with Gasteiger partial charge < -0.3 is 14.2 Å². The van der Waals surface area contributed by atoms with E-state index in [1.54, 1.807) is 25.1 Å². The summed E-state index contributed by atoms with van der Waals surface area (Å²) in [6, 6.07) is 4.77. The highest BCUT2D eigenvalue weighted by molar-refractivity contribution is 5.95. The lowest BCUT2D eigenvalue weighted by Gasteiger charge is -2.10. The molecule has 1 heterocycles. The lowest BCUT2D eigenvalue weighted by atomic mass is 10.2. The van der Waals surface area contributed by atoms with Crippen LogP contribution in [0, 0.1) is 0 Å². The Morgan fingerprint density at radius 3 is 2.80 bits per heavy atom. The van der Waals surface area contributed by atoms with Gasteiger partial charge in [0.15, 0.2) is 11.5 Å². The van der Waals surface area contributed by atoms with Crippen LogP contribution in [0.15, 0.2) is 30.5 Å². The fourth-order valence-corrected chi connectivity index (χ4v) is 1.51. The van der Waals surface area contributed by atoms with Gasteiger partial charge in [-0.2, -0.15) is 0 Å². The Morgan fingerprint density at radius 2 is 2.05 bits per heavy atom. The first kappa shape index (κ1) is 13.7. The van der Waals surface area contributed by atoms with E-state index in [1.807, 2.05) is 0 Å². The summed E-state index contributed by atoms with van der Waals surface area (Å²) in [7, 11) is 0. The molecule has 0 radical (unpaired) electrons. The largest absolute Gasteiger partial charge is 0.461 e. The predicted molar refractivity (Wildman–Crippen MR) is 68.9 cm³/mol. The van der Waals surface area contributed by atoms with E-state index in [4.69, 9.17) is 14.2 Å². The van der Waals surface area contributed by atoms with Crippen molar-refractivity contribution in [3.05, 3.63) is 36.0 Å². The van der Waals surface area contributed by atoms with Crippen LogP contribution >= 0.6 is 0 Å². The molecular formula is C13H14N2O5. The molecule has 0 aromatic heterocycles. The number of amides is 1. The molecule has 0 fully saturated rings. The second-order valence-electron chi connectivity index (χ2n) is 3.85. The van der Waals surface area contributed by atoms with Gasteiger partial charge in [0.2, 0.25) is 6.79 Å². The summed E-state index contributed by atoms with van der Waals surface area (Å²) < 4.78 is 15.0. The molecule has 0 spiro atoms. The van der Waals surface area contributed by atoms with Crippen molar-refractivity contribution in [1.29, 1.82) is 0 Å². The van der Waals surface area contributed by atoms with Gasteiger partial charge in [0, 0.05) is 5.56 Å². The molecule has 0 unspecified atom stereocenters. The molecule has 0 atom stereocenters. The zero-order valence-electron chi connectivity index (χ0n) is 10.9. The number of nitrogens with one attached hydrogen (secondary N) is 2. The van der Waals surface area contributed by atoms with Crippen LogP contribution in [0.5, 0.6) is 11.5 Å². The van der Waals surface area contributed by atoms with Crippen molar-refractivity contribution in [3.8, 4) is 11.5 Å². The Hall–Kier alpha value is -2.70. The van der Waals surface area contributed by atoms with E-state index in [9.17, 15) is 9.59 Å². The van der Waals surface area contributed by atoms with Gasteiger partial charge in [0.1, 0.15) is 5.70 Å². The molecule has 0 saturated carbocycles. The summed E-state index contributed by atoms with van der Waals surface area (Å²) in [6.45, 7) is 5.50. The topological polar surface area (TPSA) is 85.9 Å². The van der Waals surface area contributed by atoms with Crippen molar-refractivity contribution in [3.63, 3.8) is 0 Å². The lowest BCUT2D eigenvalue weighted by Crippen LogP contribution is -2.39. The third-order valence-corrected chi connectivity index (χ3v) is 2.48. The number of ether oxygens (including phenoxy) is 3. The summed E-state index contributed by atoms with van der Waals surface area (Å²) in [5.74, 6) is 0.0274. The first-order valence-electron chi connectivity index (χ1n) is 5.94. The molecule has 1 aliphatic rings. The first-order valence-corrected chi connectivity index (χ1v) is 5.94. The second-order valence-corrected chi connectivity index (χ2v) is 3.85. The maximum absolute atomic E-state index is 11.9. The Labute approximate surface area is 115 Å². The standard InChI is InChI=1S/C13H14N2O5/c1-3-18-13(17)8(2)14-15-12(16)9-4-5-10-11(6-9)20-7-19-10/h4-6,14H,2-3,7H2,1H3,(H,15,16). The van der Waals surface area contributed by atoms with Gasteiger partial charge in [-0.3, -0.25) is 15.6 Å². The van der Waals surface area contributed by atoms with E-state index in [0.29, 0.717) is 17.1 Å². The lowest BCUT2D eigenvalue weighted by molar-refractivity contribution is -0.139. The van der Waals surface area contributed by atoms with E-state index >= 15 is 0 Å². The quantitative estimate of drug-likeness (QED) is 0.469. The number of benzene rings is 1. The van der Waals surface area contributed by atoms with Crippen molar-refractivity contribution in [1.82, 2.24) is 10.9 Å². The van der Waals surface area contributed by atoms with Gasteiger partial charge in [-0.15, -0.1) is 0 Å². The number of carbonyl (C=O) groups is 2. The molecular weight excluding hydrogens is 264 g/mol. The van der Waals surface area contributed by atoms with Gasteiger partial charge in [-0.25, -0.2) is 4.79 Å². The zero-order valence-corrected chi connectivity index (χ0v) is 10.9. The van der Waals surface area contributed by atoms with Crippen LogP contribution < -0.4 is 20.3 Å². The number of hydrazine groups is 1. The molecule has 1 amide bonds. The number of esters is 1. The van der Waals surface area contributed by atoms with E-state index in [1.165, 1.54) is 0 Å². The highest BCUT2D eigenvalue weighted by atomic mass is 16.7. The van der Waals surface area contributed by atoms with Crippen LogP contribution in [0.4, 0.5) is 0 Å². The molecule has 1 aliphatic heterocycles. The fourth-order valence-electron chi connectivity index (χ4n) is 1.51. The molecule has 2 N–H and O–H groups in total. The van der Waals surface area contributed by atoms with Crippen molar-refractivity contribution in [2.75, 3.05) is 13.4 Å². The van der Waals surface area contributed by atoms with Crippen molar-refractivity contribution in [2.24, 2.45) is 0 Å². The molecule has 7 nitrogen and oxygen atoms in total. The average Bonchev–Trinajstić information content (AvgIpc) is 2.91. The van der Waals surface area contributed by atoms with Crippen LogP contribution in [0.3, 0.4) is 0 Å². The van der Waals surface area contributed by atoms with E-state index in [2.05, 4.69) is 17.4 Å². The van der Waals surface area contributed by atoms with Crippen LogP contribution in [0.2, 0.25) is 0 Å². The minimum absolute atomic E-state index is 0.0547. The number of carbonyl (C=O) groups excluding carboxylic acids is 2. The maximum atomic E-state index is 11.9. The first-order chi connectivity index (χ1) is 9.61. The maximum Gasteiger partial charge on any atom is 0.355 e. The summed E-state index contributed by atoms with van der Waals surface area (Å²) in [5.41, 5.74) is 5.04. The summed E-state index contributed by atoms with van der Waals surface area (Å²) in [6.07, 6.45) is 0. The third kappa shape index (κ3) is 3.00. The number of rotatable bonds is 5. The van der Waals surface area contributed by atoms with Crippen molar-refractivity contribution in [2.45, 2.75) is 6.92 Å². The van der Waals surface area contributed by atoms with Gasteiger partial charge in [-0.05, 0) is 25.1 Å². The van der Waals surface area contributed by atoms with E-state index in [0.717, 1.165) is 0 Å². The molecule has 0 saturated heterocycles. The Bertz CT molecular complexity index is 556. The van der Waals surface area contributed by atoms with Gasteiger partial charge in [-0.1, -0.05) is 6.58 Å². The van der Waals surface area contributed by atoms with Crippen molar-refractivity contribution >= 4 is 11.9 Å². The third-order valence-electron chi connectivity index (χ3n) is 2.48. The van der Waals surface area contributed by atoms with Crippen LogP contribution in [0.1, 0.15) is 17.3 Å². The average molecular weight is 278 g/mol. The Morgan fingerprint density at radius 1 is 1.30 bits per heavy atom. The second kappa shape index (κ2) is 5.96. The molecule has 20 heavy (non-hydrogen) atoms. The normalized spacial score (nSPS) is 11.7. The van der Waals surface area contributed by atoms with Crippen LogP contribution in [-0.2, 0) is 9.53 Å². The van der Waals surface area contributed by atoms with E-state index < -0.39 is 11.9 Å². The molecule has 7 heteroatoms. The Balaban J connectivity index is 1.92. The predicted octanol–water partition coefficient (Wildman–Crippen LogP) is 0.727. The van der Waals surface area contributed by atoms with Gasteiger partial charge in [0.25, 0.3) is 5.91 Å². The summed E-state index contributed by atoms with van der Waals surface area (Å²) >= 11 is 0. The van der Waals surface area contributed by atoms with Gasteiger partial charge in [0.05, 0.1) is 6.61 Å². The number of hydrogen-bond donors (Lipinski definition) is 2.